The molecule has 210 valence electrons. The van der Waals surface area contributed by atoms with Gasteiger partial charge in [-0.1, -0.05) is 0 Å². The van der Waals surface area contributed by atoms with Crippen molar-refractivity contribution in [1.82, 2.24) is 5.32 Å². The Morgan fingerprint density at radius 2 is 1.28 bits per heavy atom. The van der Waals surface area contributed by atoms with Crippen LogP contribution in [0.4, 0.5) is 0 Å². The van der Waals surface area contributed by atoms with Crippen LogP contribution < -0.4 is 5.32 Å². The van der Waals surface area contributed by atoms with Gasteiger partial charge in [0.05, 0.1) is 19.3 Å². The van der Waals surface area contributed by atoms with Crippen molar-refractivity contribution in [3.63, 3.8) is 0 Å². The van der Waals surface area contributed by atoms with Crippen molar-refractivity contribution in [3.8, 4) is 0 Å². The van der Waals surface area contributed by atoms with E-state index in [1.54, 1.807) is 0 Å². The number of hydrogen-bond donors (Lipinski definition) is 10. The number of aliphatic hydroxyl groups is 9. The Hall–Kier alpha value is -1.09. The van der Waals surface area contributed by atoms with Gasteiger partial charge in [0.15, 0.2) is 18.9 Å². The minimum Gasteiger partial charge on any atom is -0.394 e. The topological polar surface area (TPSA) is 257 Å². The van der Waals surface area contributed by atoms with Gasteiger partial charge in [0.2, 0.25) is 5.91 Å². The zero-order valence-electron chi connectivity index (χ0n) is 19.5. The number of amides is 1. The minimum atomic E-state index is -1.81. The molecule has 3 saturated heterocycles. The fourth-order valence-corrected chi connectivity index (χ4v) is 4.44. The predicted octanol–water partition coefficient (Wildman–Crippen LogP) is -6.40. The Morgan fingerprint density at radius 3 is 1.86 bits per heavy atom. The highest BCUT2D eigenvalue weighted by Gasteiger charge is 2.52. The molecule has 0 aromatic heterocycles. The molecule has 0 aromatic rings. The van der Waals surface area contributed by atoms with Crippen LogP contribution in [0.15, 0.2) is 0 Å². The lowest BCUT2D eigenvalue weighted by molar-refractivity contribution is -0.370. The highest BCUT2D eigenvalue weighted by molar-refractivity contribution is 5.73. The lowest BCUT2D eigenvalue weighted by atomic mass is 9.95. The number of aliphatic hydroxyl groups excluding tert-OH is 9. The molecule has 15 atom stereocenters. The predicted molar refractivity (Wildman–Crippen MR) is 111 cm³/mol. The molecule has 1 unspecified atom stereocenters. The zero-order valence-corrected chi connectivity index (χ0v) is 19.5. The van der Waals surface area contributed by atoms with E-state index in [1.807, 2.05) is 0 Å². The van der Waals surface area contributed by atoms with Crippen LogP contribution in [0.25, 0.3) is 0 Å². The SMILES string of the molecule is CC(=O)N[C@H]1C(O)O[C@H](CO)[C@@H](O[C@H]2O[C@@H](C)[C@@H](O[C@@H]3O[C@H](CO)[C@H](O)[C@H](O)[C@H]3O)[C@@H](O)[C@@H]2O)[C@@H]1O. The van der Waals surface area contributed by atoms with Crippen LogP contribution in [0.1, 0.15) is 13.8 Å². The van der Waals surface area contributed by atoms with Crippen molar-refractivity contribution >= 4 is 5.91 Å². The van der Waals surface area contributed by atoms with E-state index in [9.17, 15) is 50.8 Å². The van der Waals surface area contributed by atoms with Crippen molar-refractivity contribution in [2.45, 2.75) is 106 Å². The maximum atomic E-state index is 11.4. The molecular weight excluding hydrogens is 494 g/mol. The summed E-state index contributed by atoms with van der Waals surface area (Å²) in [6.07, 6.45) is -21.5. The summed E-state index contributed by atoms with van der Waals surface area (Å²) in [7, 11) is 0. The van der Waals surface area contributed by atoms with Crippen LogP contribution in [0, 0.1) is 0 Å². The molecule has 10 N–H and O–H groups in total. The molecule has 3 heterocycles. The Kier molecular flexibility index (Phi) is 9.97. The van der Waals surface area contributed by atoms with E-state index in [2.05, 4.69) is 5.32 Å². The lowest BCUT2D eigenvalue weighted by Gasteiger charge is -2.48. The molecule has 3 aliphatic heterocycles. The summed E-state index contributed by atoms with van der Waals surface area (Å²) in [4.78, 5) is 11.4. The van der Waals surface area contributed by atoms with Crippen molar-refractivity contribution in [3.05, 3.63) is 0 Å². The number of ether oxygens (including phenoxy) is 5. The molecule has 1 amide bonds. The van der Waals surface area contributed by atoms with Crippen LogP contribution in [0.2, 0.25) is 0 Å². The van der Waals surface area contributed by atoms with Crippen molar-refractivity contribution in [1.29, 1.82) is 0 Å². The van der Waals surface area contributed by atoms with Crippen LogP contribution in [0.5, 0.6) is 0 Å². The highest BCUT2D eigenvalue weighted by atomic mass is 16.7. The molecule has 3 fully saturated rings. The largest absolute Gasteiger partial charge is 0.394 e. The summed E-state index contributed by atoms with van der Waals surface area (Å²) >= 11 is 0. The number of rotatable bonds is 7. The van der Waals surface area contributed by atoms with E-state index in [-0.39, 0.29) is 0 Å². The second kappa shape index (κ2) is 12.2. The molecule has 0 saturated carbocycles. The summed E-state index contributed by atoms with van der Waals surface area (Å²) in [5.74, 6) is -0.589. The zero-order chi connectivity index (χ0) is 26.9. The van der Waals surface area contributed by atoms with E-state index < -0.39 is 111 Å². The van der Waals surface area contributed by atoms with Gasteiger partial charge in [0.1, 0.15) is 67.1 Å². The maximum Gasteiger partial charge on any atom is 0.217 e. The molecule has 16 nitrogen and oxygen atoms in total. The van der Waals surface area contributed by atoms with E-state index in [1.165, 1.54) is 6.92 Å². The Balaban J connectivity index is 1.70. The van der Waals surface area contributed by atoms with Gasteiger partial charge in [-0.2, -0.15) is 0 Å². The van der Waals surface area contributed by atoms with Gasteiger partial charge < -0.3 is 75.0 Å². The molecule has 0 radical (unpaired) electrons. The molecule has 3 rings (SSSR count). The minimum absolute atomic E-state index is 0.589. The molecule has 0 aliphatic carbocycles. The van der Waals surface area contributed by atoms with Crippen LogP contribution >= 0.6 is 0 Å². The monoisotopic (exact) mass is 529 g/mol. The second-order valence-corrected chi connectivity index (χ2v) is 9.05. The summed E-state index contributed by atoms with van der Waals surface area (Å²) in [5.41, 5.74) is 0. The first-order valence-corrected chi connectivity index (χ1v) is 11.4. The van der Waals surface area contributed by atoms with Gasteiger partial charge in [-0.05, 0) is 6.92 Å². The normalized spacial score (nSPS) is 50.0. The maximum absolute atomic E-state index is 11.4. The molecule has 16 heteroatoms. The summed E-state index contributed by atoms with van der Waals surface area (Å²) in [6.45, 7) is 1.15. The van der Waals surface area contributed by atoms with E-state index in [0.717, 1.165) is 6.92 Å². The summed E-state index contributed by atoms with van der Waals surface area (Å²) in [6, 6.07) is -1.33. The van der Waals surface area contributed by atoms with Crippen molar-refractivity contribution in [2.24, 2.45) is 0 Å². The van der Waals surface area contributed by atoms with Gasteiger partial charge in [-0.3, -0.25) is 4.79 Å². The Morgan fingerprint density at radius 1 is 0.722 bits per heavy atom. The number of carbonyl (C=O) groups is 1. The highest BCUT2D eigenvalue weighted by Crippen LogP contribution is 2.32. The first kappa shape index (κ1) is 29.5. The quantitative estimate of drug-likeness (QED) is 0.147. The third kappa shape index (κ3) is 5.97. The van der Waals surface area contributed by atoms with E-state index in [0.29, 0.717) is 0 Å². The third-order valence-electron chi connectivity index (χ3n) is 6.45. The average Bonchev–Trinajstić information content (AvgIpc) is 2.83. The Labute approximate surface area is 205 Å². The second-order valence-electron chi connectivity index (χ2n) is 9.05. The first-order chi connectivity index (χ1) is 16.9. The molecule has 36 heavy (non-hydrogen) atoms. The van der Waals surface area contributed by atoms with Crippen LogP contribution in [-0.4, -0.2) is 157 Å². The van der Waals surface area contributed by atoms with Crippen LogP contribution in [-0.2, 0) is 28.5 Å². The average molecular weight is 529 g/mol. The molecule has 3 aliphatic rings. The summed E-state index contributed by atoms with van der Waals surface area (Å²) < 4.78 is 27.2. The molecular formula is C20H35NO15. The number of carbonyl (C=O) groups excluding carboxylic acids is 1. The summed E-state index contributed by atoms with van der Waals surface area (Å²) in [5, 5.41) is 93.3. The standard InChI is InChI=1S/C20H35NO15/c1-5-16(35-20-14(29)12(27)10(25)7(3-22)34-20)13(28)15(30)19(32-5)36-17-8(4-23)33-18(31)9(11(17)26)21-6(2)24/h5,7-20,22-23,25-31H,3-4H2,1-2H3,(H,21,24)/t5-,7+,8+,9+,10-,11+,12-,13-,14+,15-,16+,17+,18?,19+,20-/m0/s1. The third-order valence-corrected chi connectivity index (χ3v) is 6.45. The molecule has 0 spiro atoms. The fourth-order valence-electron chi connectivity index (χ4n) is 4.44. The van der Waals surface area contributed by atoms with Gasteiger partial charge in [0.25, 0.3) is 0 Å². The first-order valence-electron chi connectivity index (χ1n) is 11.4. The molecule has 0 bridgehead atoms. The van der Waals surface area contributed by atoms with Gasteiger partial charge in [-0.15, -0.1) is 0 Å². The lowest BCUT2D eigenvalue weighted by Crippen LogP contribution is -2.67. The number of hydrogen-bond acceptors (Lipinski definition) is 15. The fraction of sp³-hybridized carbons (Fsp3) is 0.950. The van der Waals surface area contributed by atoms with Crippen molar-refractivity contribution in [2.75, 3.05) is 13.2 Å². The van der Waals surface area contributed by atoms with Gasteiger partial charge in [0, 0.05) is 6.92 Å². The van der Waals surface area contributed by atoms with E-state index >= 15 is 0 Å². The molecule has 0 aromatic carbocycles. The van der Waals surface area contributed by atoms with E-state index in [4.69, 9.17) is 23.7 Å². The smallest absolute Gasteiger partial charge is 0.217 e. The Bertz CT molecular complexity index is 729. The van der Waals surface area contributed by atoms with Crippen molar-refractivity contribution < 1.29 is 74.4 Å². The van der Waals surface area contributed by atoms with Gasteiger partial charge >= 0.3 is 0 Å². The number of nitrogens with one attached hydrogen (secondary N) is 1. The van der Waals surface area contributed by atoms with Gasteiger partial charge in [-0.25, -0.2) is 0 Å². The van der Waals surface area contributed by atoms with Crippen LogP contribution in [0.3, 0.4) is 0 Å².